The topological polar surface area (TPSA) is 128 Å². The van der Waals surface area contributed by atoms with Crippen LogP contribution in [0, 0.1) is 10.1 Å². The first-order valence-corrected chi connectivity index (χ1v) is 9.34. The highest BCUT2D eigenvalue weighted by atomic mass is 35.5. The average molecular weight is 396 g/mol. The van der Waals surface area contributed by atoms with E-state index in [0.717, 1.165) is 11.5 Å². The summed E-state index contributed by atoms with van der Waals surface area (Å²) in [5, 5.41) is 20.5. The van der Waals surface area contributed by atoms with E-state index in [2.05, 4.69) is 5.32 Å². The minimum absolute atomic E-state index is 0.231. The molecule has 2 aromatic carbocycles. The molecule has 10 heteroatoms. The fourth-order valence-electron chi connectivity index (χ4n) is 2.51. The van der Waals surface area contributed by atoms with Crippen molar-refractivity contribution in [3.63, 3.8) is 0 Å². The van der Waals surface area contributed by atoms with Crippen molar-refractivity contribution in [2.75, 3.05) is 5.32 Å². The highest BCUT2D eigenvalue weighted by Gasteiger charge is 2.18. The van der Waals surface area contributed by atoms with Crippen LogP contribution < -0.4 is 10.5 Å². The van der Waals surface area contributed by atoms with Gasteiger partial charge in [0, 0.05) is 28.2 Å². The molecule has 8 nitrogen and oxygen atoms in total. The molecule has 136 valence electrons. The minimum atomic E-state index is -4.09. The standard InChI is InChI=1S/C16H14ClN3O5S/c1-9(16-5-10-4-11(17)2-3-15(10)25-16)19-12-6-13(20(21)22)8-14(7-12)26(18,23)24/h2-9,19H,1H3,(H2,18,23,24). The molecule has 26 heavy (non-hydrogen) atoms. The van der Waals surface area contributed by atoms with Gasteiger partial charge in [-0.25, -0.2) is 13.6 Å². The second-order valence-corrected chi connectivity index (χ2v) is 7.71. The number of sulfonamides is 1. The molecule has 0 aliphatic heterocycles. The predicted octanol–water partition coefficient (Wildman–Crippen LogP) is 3.81. The summed E-state index contributed by atoms with van der Waals surface area (Å²) in [6.07, 6.45) is 0. The van der Waals surface area contributed by atoms with Gasteiger partial charge in [-0.1, -0.05) is 11.6 Å². The van der Waals surface area contributed by atoms with Gasteiger partial charge in [-0.15, -0.1) is 0 Å². The van der Waals surface area contributed by atoms with Gasteiger partial charge in [-0.2, -0.15) is 0 Å². The maximum atomic E-state index is 11.6. The summed E-state index contributed by atoms with van der Waals surface area (Å²) < 4.78 is 28.9. The van der Waals surface area contributed by atoms with Crippen molar-refractivity contribution in [1.29, 1.82) is 0 Å². The van der Waals surface area contributed by atoms with Crippen molar-refractivity contribution in [3.8, 4) is 0 Å². The molecular weight excluding hydrogens is 382 g/mol. The second-order valence-electron chi connectivity index (χ2n) is 5.71. The fourth-order valence-corrected chi connectivity index (χ4v) is 3.26. The average Bonchev–Trinajstić information content (AvgIpc) is 2.96. The van der Waals surface area contributed by atoms with E-state index in [1.165, 1.54) is 12.1 Å². The lowest BCUT2D eigenvalue weighted by Gasteiger charge is -2.13. The van der Waals surface area contributed by atoms with Crippen LogP contribution in [-0.2, 0) is 10.0 Å². The van der Waals surface area contributed by atoms with Crippen molar-refractivity contribution in [2.24, 2.45) is 5.14 Å². The number of primary sulfonamides is 1. The Labute approximate surface area is 153 Å². The van der Waals surface area contributed by atoms with Crippen LogP contribution in [0.3, 0.4) is 0 Å². The molecule has 1 heterocycles. The molecule has 3 rings (SSSR count). The van der Waals surface area contributed by atoms with E-state index in [9.17, 15) is 18.5 Å². The van der Waals surface area contributed by atoms with Crippen molar-refractivity contribution in [1.82, 2.24) is 0 Å². The lowest BCUT2D eigenvalue weighted by atomic mass is 10.2. The quantitative estimate of drug-likeness (QED) is 0.499. The van der Waals surface area contributed by atoms with Gasteiger partial charge >= 0.3 is 0 Å². The number of hydrogen-bond donors (Lipinski definition) is 2. The molecule has 0 bridgehead atoms. The van der Waals surface area contributed by atoms with E-state index < -0.39 is 21.0 Å². The summed E-state index contributed by atoms with van der Waals surface area (Å²) >= 11 is 5.95. The molecule has 0 amide bonds. The van der Waals surface area contributed by atoms with Crippen LogP contribution in [0.1, 0.15) is 18.7 Å². The van der Waals surface area contributed by atoms with Crippen LogP contribution >= 0.6 is 11.6 Å². The third-order valence-corrected chi connectivity index (χ3v) is 4.87. The van der Waals surface area contributed by atoms with Crippen molar-refractivity contribution >= 4 is 44.0 Å². The number of rotatable bonds is 5. The molecule has 1 atom stereocenters. The molecule has 0 aliphatic rings. The highest BCUT2D eigenvalue weighted by Crippen LogP contribution is 2.30. The van der Waals surface area contributed by atoms with E-state index in [1.807, 2.05) is 0 Å². The summed E-state index contributed by atoms with van der Waals surface area (Å²) in [4.78, 5) is 10.0. The Morgan fingerprint density at radius 3 is 2.62 bits per heavy atom. The fraction of sp³-hybridized carbons (Fsp3) is 0.125. The lowest BCUT2D eigenvalue weighted by Crippen LogP contribution is -2.13. The molecule has 3 N–H and O–H groups in total. The van der Waals surface area contributed by atoms with E-state index in [4.69, 9.17) is 21.2 Å². The number of halogens is 1. The van der Waals surface area contributed by atoms with Crippen LogP contribution in [0.15, 0.2) is 51.8 Å². The number of nitrogens with zero attached hydrogens (tertiary/aromatic N) is 1. The van der Waals surface area contributed by atoms with Crippen molar-refractivity contribution in [3.05, 3.63) is 63.4 Å². The largest absolute Gasteiger partial charge is 0.459 e. The highest BCUT2D eigenvalue weighted by molar-refractivity contribution is 7.89. The monoisotopic (exact) mass is 395 g/mol. The van der Waals surface area contributed by atoms with E-state index in [0.29, 0.717) is 16.4 Å². The van der Waals surface area contributed by atoms with Crippen LogP contribution in [0.25, 0.3) is 11.0 Å². The van der Waals surface area contributed by atoms with Crippen LogP contribution in [0.2, 0.25) is 5.02 Å². The molecule has 3 aromatic rings. The minimum Gasteiger partial charge on any atom is -0.459 e. The summed E-state index contributed by atoms with van der Waals surface area (Å²) in [5.74, 6) is 0.561. The second kappa shape index (κ2) is 6.60. The number of non-ortho nitro benzene ring substituents is 1. The third kappa shape index (κ3) is 3.79. The lowest BCUT2D eigenvalue weighted by molar-refractivity contribution is -0.385. The Hall–Kier alpha value is -2.62. The third-order valence-electron chi connectivity index (χ3n) is 3.74. The van der Waals surface area contributed by atoms with Crippen LogP contribution in [0.4, 0.5) is 11.4 Å². The summed E-state index contributed by atoms with van der Waals surface area (Å²) in [7, 11) is -4.09. The first-order chi connectivity index (χ1) is 12.1. The van der Waals surface area contributed by atoms with Gasteiger partial charge < -0.3 is 9.73 Å². The molecule has 0 aliphatic carbocycles. The Morgan fingerprint density at radius 1 is 1.23 bits per heavy atom. The molecule has 0 saturated heterocycles. The Balaban J connectivity index is 1.95. The zero-order chi connectivity index (χ0) is 19.1. The number of benzene rings is 2. The summed E-state index contributed by atoms with van der Waals surface area (Å²) in [6.45, 7) is 1.77. The number of nitrogens with two attached hydrogens (primary N) is 1. The normalized spacial score (nSPS) is 12.9. The number of nitro groups is 1. The Bertz CT molecular complexity index is 1110. The van der Waals surface area contributed by atoms with E-state index >= 15 is 0 Å². The van der Waals surface area contributed by atoms with Crippen LogP contribution in [0.5, 0.6) is 0 Å². The first-order valence-electron chi connectivity index (χ1n) is 7.41. The Kier molecular flexibility index (Phi) is 4.61. The SMILES string of the molecule is CC(Nc1cc([N+](=O)[O-])cc(S(N)(=O)=O)c1)c1cc2cc(Cl)ccc2o1. The van der Waals surface area contributed by atoms with Gasteiger partial charge in [0.1, 0.15) is 11.3 Å². The van der Waals surface area contributed by atoms with Crippen molar-refractivity contribution < 1.29 is 17.8 Å². The van der Waals surface area contributed by atoms with Gasteiger partial charge in [-0.3, -0.25) is 10.1 Å². The smallest absolute Gasteiger partial charge is 0.272 e. The molecule has 0 fully saturated rings. The number of anilines is 1. The number of nitrogens with one attached hydrogen (secondary N) is 1. The number of nitro benzene ring substituents is 1. The number of furan rings is 1. The molecule has 0 saturated carbocycles. The number of fused-ring (bicyclic) bond motifs is 1. The molecular formula is C16H14ClN3O5S. The van der Waals surface area contributed by atoms with Gasteiger partial charge in [0.05, 0.1) is 15.9 Å². The van der Waals surface area contributed by atoms with Gasteiger partial charge in [0.2, 0.25) is 10.0 Å². The summed E-state index contributed by atoms with van der Waals surface area (Å²) in [6, 6.07) is 9.96. The van der Waals surface area contributed by atoms with Gasteiger partial charge in [0.15, 0.2) is 0 Å². The van der Waals surface area contributed by atoms with Gasteiger partial charge in [-0.05, 0) is 37.3 Å². The molecule has 0 spiro atoms. The van der Waals surface area contributed by atoms with E-state index in [1.54, 1.807) is 31.2 Å². The zero-order valence-electron chi connectivity index (χ0n) is 13.5. The maximum absolute atomic E-state index is 11.6. The van der Waals surface area contributed by atoms with Gasteiger partial charge in [0.25, 0.3) is 5.69 Å². The molecule has 1 aromatic heterocycles. The maximum Gasteiger partial charge on any atom is 0.272 e. The summed E-state index contributed by atoms with van der Waals surface area (Å²) in [5.41, 5.74) is 0.485. The van der Waals surface area contributed by atoms with E-state index in [-0.39, 0.29) is 16.3 Å². The predicted molar refractivity (Wildman–Crippen MR) is 97.7 cm³/mol. The zero-order valence-corrected chi connectivity index (χ0v) is 15.0. The number of hydrogen-bond acceptors (Lipinski definition) is 6. The molecule has 1 unspecified atom stereocenters. The Morgan fingerprint density at radius 2 is 1.96 bits per heavy atom. The van der Waals surface area contributed by atoms with Crippen molar-refractivity contribution in [2.45, 2.75) is 17.9 Å². The molecule has 0 radical (unpaired) electrons. The first kappa shape index (κ1) is 18.2. The van der Waals surface area contributed by atoms with Crippen LogP contribution in [-0.4, -0.2) is 13.3 Å².